The molecule has 1 heterocycles. The molecular formula is C12H10F2N4. The smallest absolute Gasteiger partial charge is 0.167 e. The summed E-state index contributed by atoms with van der Waals surface area (Å²) in [4.78, 5) is 0. The van der Waals surface area contributed by atoms with Crippen molar-refractivity contribution in [2.24, 2.45) is 0 Å². The lowest BCUT2D eigenvalue weighted by Gasteiger charge is -2.06. The fourth-order valence-corrected chi connectivity index (χ4v) is 1.62. The van der Waals surface area contributed by atoms with Crippen molar-refractivity contribution in [3.05, 3.63) is 46.7 Å². The zero-order valence-electron chi connectivity index (χ0n) is 9.61. The van der Waals surface area contributed by atoms with Gasteiger partial charge in [0.2, 0.25) is 0 Å². The number of hydrogen-bond acceptors (Lipinski definition) is 3. The van der Waals surface area contributed by atoms with Crippen LogP contribution in [0, 0.1) is 29.9 Å². The average Bonchev–Trinajstić information content (AvgIpc) is 2.63. The summed E-state index contributed by atoms with van der Waals surface area (Å²) >= 11 is 0. The fraction of sp³-hybridized carbons (Fsp3) is 0.167. The van der Waals surface area contributed by atoms with Gasteiger partial charge < -0.3 is 5.73 Å². The van der Waals surface area contributed by atoms with Gasteiger partial charge in [-0.05, 0) is 13.0 Å². The van der Waals surface area contributed by atoms with E-state index in [9.17, 15) is 8.78 Å². The van der Waals surface area contributed by atoms with Gasteiger partial charge in [0, 0.05) is 11.1 Å². The summed E-state index contributed by atoms with van der Waals surface area (Å²) in [5, 5.41) is 12.7. The lowest BCUT2D eigenvalue weighted by Crippen LogP contribution is -2.08. The van der Waals surface area contributed by atoms with E-state index in [1.807, 2.05) is 6.07 Å². The summed E-state index contributed by atoms with van der Waals surface area (Å²) in [6.45, 7) is 1.64. The van der Waals surface area contributed by atoms with Crippen molar-refractivity contribution >= 4 is 5.82 Å². The van der Waals surface area contributed by atoms with Gasteiger partial charge in [0.25, 0.3) is 0 Å². The first-order valence-corrected chi connectivity index (χ1v) is 5.20. The third-order valence-electron chi connectivity index (χ3n) is 2.70. The van der Waals surface area contributed by atoms with Gasteiger partial charge >= 0.3 is 0 Å². The summed E-state index contributed by atoms with van der Waals surface area (Å²) in [6.07, 6.45) is 0. The van der Waals surface area contributed by atoms with Gasteiger partial charge in [-0.15, -0.1) is 0 Å². The number of rotatable bonds is 2. The van der Waals surface area contributed by atoms with E-state index in [1.54, 1.807) is 6.92 Å². The van der Waals surface area contributed by atoms with Crippen LogP contribution in [0.5, 0.6) is 0 Å². The van der Waals surface area contributed by atoms with Gasteiger partial charge in [-0.2, -0.15) is 10.4 Å². The topological polar surface area (TPSA) is 67.6 Å². The lowest BCUT2D eigenvalue weighted by molar-refractivity contribution is 0.492. The summed E-state index contributed by atoms with van der Waals surface area (Å²) in [5.74, 6) is -1.57. The molecule has 1 aromatic carbocycles. The second-order valence-corrected chi connectivity index (χ2v) is 3.84. The van der Waals surface area contributed by atoms with Crippen LogP contribution in [-0.2, 0) is 6.54 Å². The highest BCUT2D eigenvalue weighted by atomic mass is 19.2. The van der Waals surface area contributed by atoms with Crippen LogP contribution in [0.2, 0.25) is 0 Å². The van der Waals surface area contributed by atoms with Crippen molar-refractivity contribution in [2.45, 2.75) is 13.5 Å². The number of aromatic nitrogens is 2. The van der Waals surface area contributed by atoms with Crippen molar-refractivity contribution in [2.75, 3.05) is 5.73 Å². The zero-order valence-corrected chi connectivity index (χ0v) is 9.61. The number of nitrogen functional groups attached to an aromatic ring is 1. The minimum Gasteiger partial charge on any atom is -0.384 e. The van der Waals surface area contributed by atoms with E-state index in [0.29, 0.717) is 5.56 Å². The Balaban J connectivity index is 2.41. The molecule has 0 fully saturated rings. The van der Waals surface area contributed by atoms with E-state index in [4.69, 9.17) is 11.0 Å². The standard InChI is InChI=1S/C12H10F2N4/c1-7-10(5-15)17-18(12(7)16)6-8-3-2-4-9(13)11(8)14/h2-4H,6,16H2,1H3. The fourth-order valence-electron chi connectivity index (χ4n) is 1.62. The number of nitrogens with zero attached hydrogens (tertiary/aromatic N) is 3. The molecule has 0 bridgehead atoms. The molecule has 0 atom stereocenters. The molecule has 2 aromatic rings. The van der Waals surface area contributed by atoms with Gasteiger partial charge in [-0.1, -0.05) is 12.1 Å². The molecule has 2 rings (SSSR count). The van der Waals surface area contributed by atoms with Crippen LogP contribution in [0.1, 0.15) is 16.8 Å². The van der Waals surface area contributed by atoms with Gasteiger partial charge in [0.1, 0.15) is 11.9 Å². The third kappa shape index (κ3) is 1.91. The molecule has 0 spiro atoms. The second-order valence-electron chi connectivity index (χ2n) is 3.84. The first-order valence-electron chi connectivity index (χ1n) is 5.20. The minimum atomic E-state index is -0.927. The molecule has 1 aromatic heterocycles. The molecule has 0 amide bonds. The number of anilines is 1. The van der Waals surface area contributed by atoms with Crippen molar-refractivity contribution in [1.82, 2.24) is 9.78 Å². The molecular weight excluding hydrogens is 238 g/mol. The number of hydrogen-bond donors (Lipinski definition) is 1. The van der Waals surface area contributed by atoms with Crippen LogP contribution < -0.4 is 5.73 Å². The molecule has 2 N–H and O–H groups in total. The second kappa shape index (κ2) is 4.45. The monoisotopic (exact) mass is 248 g/mol. The first-order chi connectivity index (χ1) is 8.54. The SMILES string of the molecule is Cc1c(C#N)nn(Cc2cccc(F)c2F)c1N. The Morgan fingerprint density at radius 1 is 1.44 bits per heavy atom. The molecule has 0 saturated carbocycles. The normalized spacial score (nSPS) is 10.3. The Morgan fingerprint density at radius 3 is 2.78 bits per heavy atom. The summed E-state index contributed by atoms with van der Waals surface area (Å²) in [6, 6.07) is 5.78. The summed E-state index contributed by atoms with van der Waals surface area (Å²) < 4.78 is 27.8. The maximum Gasteiger partial charge on any atom is 0.167 e. The summed E-state index contributed by atoms with van der Waals surface area (Å²) in [7, 11) is 0. The minimum absolute atomic E-state index is 0.0159. The molecule has 0 aliphatic heterocycles. The predicted molar refractivity (Wildman–Crippen MR) is 61.6 cm³/mol. The molecule has 0 aliphatic rings. The van der Waals surface area contributed by atoms with Crippen LogP contribution in [0.25, 0.3) is 0 Å². The number of benzene rings is 1. The van der Waals surface area contributed by atoms with E-state index >= 15 is 0 Å². The van der Waals surface area contributed by atoms with E-state index in [0.717, 1.165) is 6.07 Å². The number of nitrogens with two attached hydrogens (primary N) is 1. The first kappa shape index (κ1) is 12.0. The van der Waals surface area contributed by atoms with Crippen LogP contribution in [0.15, 0.2) is 18.2 Å². The van der Waals surface area contributed by atoms with E-state index in [2.05, 4.69) is 5.10 Å². The van der Waals surface area contributed by atoms with Gasteiger partial charge in [0.05, 0.1) is 6.54 Å². The highest BCUT2D eigenvalue weighted by molar-refractivity contribution is 5.47. The van der Waals surface area contributed by atoms with Gasteiger partial charge in [-0.25, -0.2) is 13.5 Å². The number of halogens is 2. The Bertz CT molecular complexity index is 640. The van der Waals surface area contributed by atoms with E-state index in [-0.39, 0.29) is 23.6 Å². The molecule has 0 saturated heterocycles. The molecule has 4 nitrogen and oxygen atoms in total. The highest BCUT2D eigenvalue weighted by Gasteiger charge is 2.14. The molecule has 92 valence electrons. The maximum absolute atomic E-state index is 13.5. The largest absolute Gasteiger partial charge is 0.384 e. The molecule has 0 unspecified atom stereocenters. The van der Waals surface area contributed by atoms with Crippen molar-refractivity contribution < 1.29 is 8.78 Å². The quantitative estimate of drug-likeness (QED) is 0.883. The van der Waals surface area contributed by atoms with Crippen LogP contribution >= 0.6 is 0 Å². The Kier molecular flexibility index (Phi) is 2.98. The van der Waals surface area contributed by atoms with Crippen molar-refractivity contribution in [3.63, 3.8) is 0 Å². The molecule has 6 heteroatoms. The average molecular weight is 248 g/mol. The van der Waals surface area contributed by atoms with E-state index in [1.165, 1.54) is 16.8 Å². The molecule has 18 heavy (non-hydrogen) atoms. The van der Waals surface area contributed by atoms with Crippen LogP contribution in [-0.4, -0.2) is 9.78 Å². The maximum atomic E-state index is 13.5. The van der Waals surface area contributed by atoms with Gasteiger partial charge in [0.15, 0.2) is 17.3 Å². The predicted octanol–water partition coefficient (Wildman–Crippen LogP) is 1.97. The Labute approximate surface area is 102 Å². The van der Waals surface area contributed by atoms with Crippen molar-refractivity contribution in [1.29, 1.82) is 5.26 Å². The number of nitriles is 1. The Morgan fingerprint density at radius 2 is 2.17 bits per heavy atom. The molecule has 0 aliphatic carbocycles. The van der Waals surface area contributed by atoms with Gasteiger partial charge in [-0.3, -0.25) is 0 Å². The van der Waals surface area contributed by atoms with Crippen LogP contribution in [0.4, 0.5) is 14.6 Å². The lowest BCUT2D eigenvalue weighted by atomic mass is 10.2. The Hall–Kier alpha value is -2.42. The highest BCUT2D eigenvalue weighted by Crippen LogP contribution is 2.18. The van der Waals surface area contributed by atoms with Crippen molar-refractivity contribution in [3.8, 4) is 6.07 Å². The summed E-state index contributed by atoms with van der Waals surface area (Å²) in [5.41, 5.74) is 6.60. The third-order valence-corrected chi connectivity index (χ3v) is 2.70. The van der Waals surface area contributed by atoms with Crippen LogP contribution in [0.3, 0.4) is 0 Å². The van der Waals surface area contributed by atoms with E-state index < -0.39 is 11.6 Å². The molecule has 0 radical (unpaired) electrons. The zero-order chi connectivity index (χ0) is 13.3.